The van der Waals surface area contributed by atoms with E-state index in [9.17, 15) is 0 Å². The van der Waals surface area contributed by atoms with Crippen molar-refractivity contribution in [2.75, 3.05) is 9.80 Å². The van der Waals surface area contributed by atoms with Crippen LogP contribution in [-0.2, 0) is 0 Å². The highest BCUT2D eigenvalue weighted by Crippen LogP contribution is 2.51. The quantitative estimate of drug-likeness (QED) is 0.197. The Labute approximate surface area is 250 Å². The molecule has 0 radical (unpaired) electrons. The average molecular weight is 545 g/mol. The number of aryl methyl sites for hydroxylation is 4. The second-order valence-corrected chi connectivity index (χ2v) is 11.0. The molecular formula is C40H36N2. The van der Waals surface area contributed by atoms with Crippen molar-refractivity contribution in [2.45, 2.75) is 27.7 Å². The minimum absolute atomic E-state index is 1.11. The Balaban J connectivity index is 1.74. The molecule has 2 nitrogen and oxygen atoms in total. The maximum atomic E-state index is 2.44. The predicted octanol–water partition coefficient (Wildman–Crippen LogP) is 11.5. The largest absolute Gasteiger partial charge is 0.308 e. The van der Waals surface area contributed by atoms with Gasteiger partial charge in [-0.1, -0.05) is 114 Å². The molecule has 0 aromatic heterocycles. The number of rotatable bonds is 7. The molecule has 0 spiro atoms. The molecule has 0 unspecified atom stereocenters. The van der Waals surface area contributed by atoms with Crippen molar-refractivity contribution < 1.29 is 0 Å². The lowest BCUT2D eigenvalue weighted by Gasteiger charge is -2.36. The Morgan fingerprint density at radius 1 is 0.381 bits per heavy atom. The number of hydrogen-bond donors (Lipinski definition) is 0. The van der Waals surface area contributed by atoms with E-state index in [1.807, 2.05) is 0 Å². The van der Waals surface area contributed by atoms with E-state index in [1.54, 1.807) is 0 Å². The highest BCUT2D eigenvalue weighted by Gasteiger charge is 2.26. The Morgan fingerprint density at radius 2 is 0.857 bits per heavy atom. The van der Waals surface area contributed by atoms with E-state index in [0.717, 1.165) is 34.1 Å². The lowest BCUT2D eigenvalue weighted by Crippen LogP contribution is -2.19. The van der Waals surface area contributed by atoms with Crippen molar-refractivity contribution >= 4 is 34.1 Å². The van der Waals surface area contributed by atoms with Crippen LogP contribution in [0, 0.1) is 27.7 Å². The van der Waals surface area contributed by atoms with Crippen LogP contribution in [0.3, 0.4) is 0 Å². The van der Waals surface area contributed by atoms with E-state index >= 15 is 0 Å². The van der Waals surface area contributed by atoms with E-state index in [2.05, 4.69) is 183 Å². The molecule has 0 amide bonds. The highest BCUT2D eigenvalue weighted by molar-refractivity contribution is 5.99. The Bertz CT molecular complexity index is 1810. The molecule has 0 aliphatic heterocycles. The molecule has 0 saturated heterocycles. The lowest BCUT2D eigenvalue weighted by molar-refractivity contribution is 1.19. The zero-order valence-electron chi connectivity index (χ0n) is 24.8. The third-order valence-corrected chi connectivity index (χ3v) is 7.78. The second-order valence-electron chi connectivity index (χ2n) is 11.0. The van der Waals surface area contributed by atoms with E-state index < -0.39 is 0 Å². The Kier molecular flexibility index (Phi) is 7.62. The standard InChI is InChI=1S/C40H36N2/c1-29-23-25-37(31(3)27-29)41(34-17-10-6-11-18-34)39-22-14-21-36(33-15-8-5-9-16-33)40(39)42(35-19-12-7-13-20-35)38-26-24-30(2)28-32(38)4/h5-28H,1-4H3. The van der Waals surface area contributed by atoms with Crippen molar-refractivity contribution in [1.29, 1.82) is 0 Å². The van der Waals surface area contributed by atoms with Crippen molar-refractivity contribution in [1.82, 2.24) is 0 Å². The van der Waals surface area contributed by atoms with Gasteiger partial charge in [0.2, 0.25) is 0 Å². The van der Waals surface area contributed by atoms with Gasteiger partial charge in [-0.25, -0.2) is 0 Å². The first-order valence-electron chi connectivity index (χ1n) is 14.5. The fourth-order valence-corrected chi connectivity index (χ4v) is 5.86. The van der Waals surface area contributed by atoms with Gasteiger partial charge in [0.15, 0.2) is 0 Å². The number of benzene rings is 6. The van der Waals surface area contributed by atoms with Gasteiger partial charge in [-0.2, -0.15) is 0 Å². The van der Waals surface area contributed by atoms with Gasteiger partial charge in [0.1, 0.15) is 0 Å². The number of hydrogen-bond acceptors (Lipinski definition) is 2. The summed E-state index contributed by atoms with van der Waals surface area (Å²) in [6.45, 7) is 8.73. The van der Waals surface area contributed by atoms with Crippen LogP contribution >= 0.6 is 0 Å². The Hall–Kier alpha value is -5.08. The summed E-state index contributed by atoms with van der Waals surface area (Å²) < 4.78 is 0. The minimum Gasteiger partial charge on any atom is -0.308 e. The molecule has 0 fully saturated rings. The van der Waals surface area contributed by atoms with Crippen LogP contribution in [0.2, 0.25) is 0 Å². The Morgan fingerprint density at radius 3 is 1.38 bits per heavy atom. The molecule has 0 N–H and O–H groups in total. The fourth-order valence-electron chi connectivity index (χ4n) is 5.86. The van der Waals surface area contributed by atoms with Gasteiger partial charge in [-0.05, 0) is 86.8 Å². The molecular weight excluding hydrogens is 508 g/mol. The molecule has 0 heterocycles. The first-order valence-corrected chi connectivity index (χ1v) is 14.5. The zero-order valence-corrected chi connectivity index (χ0v) is 24.8. The van der Waals surface area contributed by atoms with Crippen LogP contribution in [0.4, 0.5) is 34.1 Å². The van der Waals surface area contributed by atoms with Crippen LogP contribution in [0.1, 0.15) is 22.3 Å². The molecule has 42 heavy (non-hydrogen) atoms. The molecule has 0 aliphatic rings. The van der Waals surface area contributed by atoms with E-state index in [0.29, 0.717) is 0 Å². The molecule has 0 bridgehead atoms. The van der Waals surface area contributed by atoms with Crippen molar-refractivity contribution in [3.63, 3.8) is 0 Å². The smallest absolute Gasteiger partial charge is 0.0781 e. The molecule has 206 valence electrons. The summed E-state index contributed by atoms with van der Waals surface area (Å²) in [5.41, 5.74) is 14.1. The molecule has 2 heteroatoms. The normalized spacial score (nSPS) is 10.9. The first-order chi connectivity index (χ1) is 20.5. The van der Waals surface area contributed by atoms with E-state index in [-0.39, 0.29) is 0 Å². The van der Waals surface area contributed by atoms with Gasteiger partial charge in [-0.3, -0.25) is 0 Å². The van der Waals surface area contributed by atoms with Crippen molar-refractivity contribution in [2.24, 2.45) is 0 Å². The molecule has 6 rings (SSSR count). The van der Waals surface area contributed by atoms with Gasteiger partial charge < -0.3 is 9.80 Å². The molecule has 0 saturated carbocycles. The maximum absolute atomic E-state index is 2.44. The molecule has 0 aliphatic carbocycles. The highest BCUT2D eigenvalue weighted by atomic mass is 15.2. The van der Waals surface area contributed by atoms with Gasteiger partial charge in [-0.15, -0.1) is 0 Å². The minimum atomic E-state index is 1.11. The number of anilines is 6. The van der Waals surface area contributed by atoms with Crippen molar-refractivity contribution in [3.05, 3.63) is 168 Å². The fraction of sp³-hybridized carbons (Fsp3) is 0.100. The van der Waals surface area contributed by atoms with Gasteiger partial charge in [0.25, 0.3) is 0 Å². The van der Waals surface area contributed by atoms with Gasteiger partial charge in [0.05, 0.1) is 11.4 Å². The van der Waals surface area contributed by atoms with E-state index in [4.69, 9.17) is 0 Å². The summed E-state index contributed by atoms with van der Waals surface area (Å²) in [5, 5.41) is 0. The summed E-state index contributed by atoms with van der Waals surface area (Å²) in [7, 11) is 0. The SMILES string of the molecule is Cc1ccc(N(c2ccccc2)c2cccc(-c3ccccc3)c2N(c2ccccc2)c2ccc(C)cc2C)c(C)c1. The maximum Gasteiger partial charge on any atom is 0.0781 e. The monoisotopic (exact) mass is 544 g/mol. The lowest BCUT2D eigenvalue weighted by atomic mass is 9.98. The predicted molar refractivity (Wildman–Crippen MR) is 180 cm³/mol. The first kappa shape index (κ1) is 27.1. The number of para-hydroxylation sites is 3. The van der Waals surface area contributed by atoms with Crippen LogP contribution in [0.15, 0.2) is 146 Å². The summed E-state index contributed by atoms with van der Waals surface area (Å²) in [6.07, 6.45) is 0. The van der Waals surface area contributed by atoms with Crippen LogP contribution in [0.25, 0.3) is 11.1 Å². The van der Waals surface area contributed by atoms with Crippen molar-refractivity contribution in [3.8, 4) is 11.1 Å². The van der Waals surface area contributed by atoms with Gasteiger partial charge >= 0.3 is 0 Å². The molecule has 0 atom stereocenters. The molecule has 6 aromatic carbocycles. The summed E-state index contributed by atoms with van der Waals surface area (Å²) in [6, 6.07) is 52.3. The van der Waals surface area contributed by atoms with Crippen LogP contribution in [-0.4, -0.2) is 0 Å². The topological polar surface area (TPSA) is 6.48 Å². The van der Waals surface area contributed by atoms with Gasteiger partial charge in [0, 0.05) is 28.3 Å². The summed E-state index contributed by atoms with van der Waals surface area (Å²) in [4.78, 5) is 4.85. The third kappa shape index (κ3) is 5.32. The number of nitrogens with zero attached hydrogens (tertiary/aromatic N) is 2. The van der Waals surface area contributed by atoms with Crippen LogP contribution < -0.4 is 9.80 Å². The summed E-state index contributed by atoms with van der Waals surface area (Å²) >= 11 is 0. The van der Waals surface area contributed by atoms with E-state index in [1.165, 1.54) is 33.4 Å². The summed E-state index contributed by atoms with van der Waals surface area (Å²) in [5.74, 6) is 0. The van der Waals surface area contributed by atoms with Crippen LogP contribution in [0.5, 0.6) is 0 Å². The molecule has 6 aromatic rings. The third-order valence-electron chi connectivity index (χ3n) is 7.78. The zero-order chi connectivity index (χ0) is 29.1. The second kappa shape index (κ2) is 11.8. The average Bonchev–Trinajstić information content (AvgIpc) is 3.01.